The Bertz CT molecular complexity index is 4350. The zero-order valence-electron chi connectivity index (χ0n) is 57.6. The van der Waals surface area contributed by atoms with E-state index in [2.05, 4.69) is 14.7 Å². The Kier molecular flexibility index (Phi) is 21.7. The van der Waals surface area contributed by atoms with E-state index in [-0.39, 0.29) is 85.6 Å². The first-order valence-electron chi connectivity index (χ1n) is 35.4. The fourth-order valence-electron chi connectivity index (χ4n) is 15.0. The molecule has 4 aromatic carbocycles. The number of halogens is 2. The Hall–Kier alpha value is -7.32. The third-order valence-corrected chi connectivity index (χ3v) is 27.8. The van der Waals surface area contributed by atoms with Crippen molar-refractivity contribution >= 4 is 98.4 Å². The number of carboxylic acids is 1. The molecule has 4 saturated carbocycles. The van der Waals surface area contributed by atoms with Gasteiger partial charge in [-0.3, -0.25) is 33.5 Å². The molecule has 6 heterocycles. The van der Waals surface area contributed by atoms with Gasteiger partial charge in [0.2, 0.25) is 37.8 Å². The van der Waals surface area contributed by atoms with Crippen molar-refractivity contribution in [3.63, 3.8) is 0 Å². The standard InChI is InChI=1S/C38H44FN3O6S2.C34H37FN2O5S.C4H9NO2S/c1-24-16-25(19-28(39)17-24)18-26-10-6-4-3-5-7-11-27-21-38(27,35(45)41-50(46,47)37(2)14-15-37)22-32(43)31-20-29(23-42(31)34(26)44)48-36-40-30-12-8-9-13-33(30)49-36;1-21-13-22(16-25(35)14-21)15-23-9-5-3-2-4-6-10-24-18-34(24,32(40)41)19-29(38)28-17-26(20-37(28)31(23)39)42-33-36-27-11-7-8-12-30(27)43-33;1-4(2-3-4)8(5,6)7/h7-9,11-13,16-17,19,26-27,29,31H,3-6,10,14-15,18,20-23H2,1-2H3,(H,41,45);6-8,10-14,16,23-24,26,28H,2-5,9,15,17-20H2,1H3,(H,40,41);2-3H2,1H3,(H2,5,6,7)/b11-7-;10-6-;/t26-,27-,29-,31+,38-;23-,24-,26-,28+,34-;/m11./s1. The van der Waals surface area contributed by atoms with Crippen LogP contribution >= 0.6 is 22.7 Å². The molecule has 0 bridgehead atoms. The predicted molar refractivity (Wildman–Crippen MR) is 383 cm³/mol. The second kappa shape index (κ2) is 29.8. The SMILES string of the molecule is CC1(S(N)(=O)=O)CC1.Cc1cc(F)cc(C[C@H]2CCCCC/C=C\[C@@H]3C[C@@]3(C(=O)NS(=O)(=O)C3(C)CC3)CC(=O)[C@@H]3C[C@@H](Oc4nc5ccccc5s4)CN3C2=O)c1.Cc1cc(F)cc(C[C@H]2CCCCC/C=C\[C@@H]3C[C@@]3(C(=O)O)CC(=O)[C@@H]3C[C@@H](Oc4nc5ccccc5s4)CN3C2=O)c1. The number of aromatic nitrogens is 2. The Morgan fingerprint density at radius 2 is 1.06 bits per heavy atom. The zero-order chi connectivity index (χ0) is 71.8. The number of aryl methyl sites for hydroxylation is 2. The van der Waals surface area contributed by atoms with Crippen LogP contribution in [0.15, 0.2) is 109 Å². The lowest BCUT2D eigenvalue weighted by atomic mass is 9.89. The number of fused-ring (bicyclic) bond motifs is 6. The van der Waals surface area contributed by atoms with Crippen LogP contribution in [-0.4, -0.2) is 124 Å². The molecule has 3 amide bonds. The number of amides is 3. The molecule has 6 aromatic rings. The molecule has 2 saturated heterocycles. The first-order valence-corrected chi connectivity index (χ1v) is 40.1. The van der Waals surface area contributed by atoms with Crippen molar-refractivity contribution in [1.82, 2.24) is 24.5 Å². The molecule has 25 heteroatoms. The highest BCUT2D eigenvalue weighted by Gasteiger charge is 2.64. The number of nitrogens with one attached hydrogen (secondary N) is 1. The number of carbonyl (C=O) groups excluding carboxylic acids is 5. The first-order chi connectivity index (χ1) is 48.0. The van der Waals surface area contributed by atoms with Crippen LogP contribution in [0.25, 0.3) is 20.4 Å². The van der Waals surface area contributed by atoms with E-state index in [0.29, 0.717) is 61.8 Å². The van der Waals surface area contributed by atoms with Crippen molar-refractivity contribution in [2.75, 3.05) is 13.1 Å². The number of ketones is 2. The maximum absolute atomic E-state index is 14.6. The Labute approximate surface area is 597 Å². The van der Waals surface area contributed by atoms with Gasteiger partial charge in [-0.15, -0.1) is 0 Å². The highest BCUT2D eigenvalue weighted by molar-refractivity contribution is 7.91. The Morgan fingerprint density at radius 1 is 0.624 bits per heavy atom. The summed E-state index contributed by atoms with van der Waals surface area (Å²) >= 11 is 2.82. The summed E-state index contributed by atoms with van der Waals surface area (Å²) < 4.78 is 91.3. The van der Waals surface area contributed by atoms with E-state index in [9.17, 15) is 59.5 Å². The van der Waals surface area contributed by atoms with Gasteiger partial charge in [-0.25, -0.2) is 40.7 Å². The number of thiazole rings is 2. The lowest BCUT2D eigenvalue weighted by molar-refractivity contribution is -0.147. The quantitative estimate of drug-likeness (QED) is 0.0906. The van der Waals surface area contributed by atoms with Crippen molar-refractivity contribution in [3.8, 4) is 10.4 Å². The molecule has 101 heavy (non-hydrogen) atoms. The smallest absolute Gasteiger partial charge is 0.310 e. The number of allylic oxidation sites excluding steroid dienone is 4. The molecular weight excluding hydrogens is 1370 g/mol. The van der Waals surface area contributed by atoms with E-state index in [0.717, 1.165) is 107 Å². The van der Waals surface area contributed by atoms with Crippen LogP contribution in [-0.2, 0) is 61.7 Å². The van der Waals surface area contributed by atoms with Gasteiger partial charge in [0.15, 0.2) is 11.6 Å². The molecule has 14 rings (SSSR count). The molecule has 0 unspecified atom stereocenters. The highest BCUT2D eigenvalue weighted by atomic mass is 32.2. The molecule has 6 fully saturated rings. The summed E-state index contributed by atoms with van der Waals surface area (Å²) in [5.74, 6) is -4.52. The topological polar surface area (TPSA) is 280 Å². The van der Waals surface area contributed by atoms with Gasteiger partial charge in [-0.2, -0.15) is 0 Å². The molecule has 0 spiro atoms. The number of ether oxygens (including phenoxy) is 2. The fraction of sp³-hybridized carbons (Fsp3) is 0.526. The lowest BCUT2D eigenvalue weighted by Crippen LogP contribution is -2.47. The van der Waals surface area contributed by atoms with Crippen LogP contribution in [0.3, 0.4) is 0 Å². The molecule has 4 aliphatic carbocycles. The maximum Gasteiger partial charge on any atom is 0.310 e. The number of carboxylic acid groups (broad SMARTS) is 1. The van der Waals surface area contributed by atoms with E-state index in [1.54, 1.807) is 23.6 Å². The molecule has 10 atom stereocenters. The molecule has 2 aromatic heterocycles. The van der Waals surface area contributed by atoms with Crippen LogP contribution in [0.2, 0.25) is 0 Å². The summed E-state index contributed by atoms with van der Waals surface area (Å²) in [4.78, 5) is 95.9. The highest BCUT2D eigenvalue weighted by Crippen LogP contribution is 2.59. The lowest BCUT2D eigenvalue weighted by Gasteiger charge is -2.29. The summed E-state index contributed by atoms with van der Waals surface area (Å²) in [7, 11) is -7.14. The molecule has 4 aliphatic heterocycles. The minimum absolute atomic E-state index is 0.118. The van der Waals surface area contributed by atoms with Gasteiger partial charge < -0.3 is 24.4 Å². The normalized spacial score (nSPS) is 28.7. The summed E-state index contributed by atoms with van der Waals surface area (Å²) in [5, 5.41) is 15.9. The molecule has 19 nitrogen and oxygen atoms in total. The largest absolute Gasteiger partial charge is 0.481 e. The number of nitrogens with two attached hydrogens (primary N) is 1. The number of benzene rings is 4. The van der Waals surface area contributed by atoms with Crippen molar-refractivity contribution in [3.05, 3.63) is 143 Å². The van der Waals surface area contributed by atoms with Gasteiger partial charge >= 0.3 is 5.97 Å². The maximum atomic E-state index is 14.6. The second-order valence-electron chi connectivity index (χ2n) is 30.0. The van der Waals surface area contributed by atoms with Crippen LogP contribution in [0.5, 0.6) is 10.4 Å². The third-order valence-electron chi connectivity index (χ3n) is 22.0. The number of rotatable bonds is 13. The van der Waals surface area contributed by atoms with Gasteiger partial charge in [-0.05, 0) is 200 Å². The number of primary sulfonamides is 1. The molecule has 0 radical (unpaired) electrons. The monoisotopic (exact) mass is 1460 g/mol. The first kappa shape index (κ1) is 73.4. The van der Waals surface area contributed by atoms with E-state index >= 15 is 0 Å². The van der Waals surface area contributed by atoms with E-state index in [4.69, 9.17) is 14.6 Å². The zero-order valence-corrected chi connectivity index (χ0v) is 60.8. The Balaban J connectivity index is 0.000000173. The van der Waals surface area contributed by atoms with Crippen molar-refractivity contribution < 1.29 is 69.0 Å². The van der Waals surface area contributed by atoms with Crippen molar-refractivity contribution in [2.24, 2.45) is 39.6 Å². The summed E-state index contributed by atoms with van der Waals surface area (Å²) in [5.41, 5.74) is 2.36. The Morgan fingerprint density at radius 3 is 1.48 bits per heavy atom. The van der Waals surface area contributed by atoms with E-state index < -0.39 is 88.4 Å². The molecular formula is C76H90F2N6O13S4. The van der Waals surface area contributed by atoms with Gasteiger partial charge in [-0.1, -0.05) is 109 Å². The number of carbonyl (C=O) groups is 6. The van der Waals surface area contributed by atoms with Gasteiger partial charge in [0.05, 0.1) is 65.9 Å². The molecule has 8 aliphatic rings. The molecule has 540 valence electrons. The van der Waals surface area contributed by atoms with Crippen LogP contribution in [0.4, 0.5) is 8.78 Å². The number of hydrogen-bond acceptors (Lipinski definition) is 16. The minimum Gasteiger partial charge on any atom is -0.481 e. The predicted octanol–water partition coefficient (Wildman–Crippen LogP) is 12.8. The number of para-hydroxylation sites is 2. The van der Waals surface area contributed by atoms with Crippen molar-refractivity contribution in [1.29, 1.82) is 0 Å². The van der Waals surface area contributed by atoms with Crippen LogP contribution in [0.1, 0.15) is 165 Å². The summed E-state index contributed by atoms with van der Waals surface area (Å²) in [6, 6.07) is 23.5. The fourth-order valence-corrected chi connectivity index (χ4v) is 18.8. The van der Waals surface area contributed by atoms with Crippen molar-refractivity contribution in [2.45, 2.75) is 203 Å². The van der Waals surface area contributed by atoms with Crippen LogP contribution < -0.4 is 19.3 Å². The second-order valence-corrected chi connectivity index (χ2v) is 36.2. The summed E-state index contributed by atoms with van der Waals surface area (Å²) in [6.07, 6.45) is 19.2. The average molecular weight is 1460 g/mol. The van der Waals surface area contributed by atoms with Gasteiger partial charge in [0.25, 0.3) is 10.4 Å². The minimum atomic E-state index is -3.91. The van der Waals surface area contributed by atoms with E-state index in [1.165, 1.54) is 46.9 Å². The number of hydrogen-bond donors (Lipinski definition) is 3. The van der Waals surface area contributed by atoms with Gasteiger partial charge in [0, 0.05) is 37.5 Å². The summed E-state index contributed by atoms with van der Waals surface area (Å²) in [6.45, 7) is 7.34. The molecule has 4 N–H and O–H groups in total. The van der Waals surface area contributed by atoms with E-state index in [1.807, 2.05) is 98.8 Å². The third kappa shape index (κ3) is 17.0. The van der Waals surface area contributed by atoms with Crippen LogP contribution in [0, 0.1) is 60.0 Å². The van der Waals surface area contributed by atoms with Gasteiger partial charge in [0.1, 0.15) is 23.8 Å². The number of nitrogens with zero attached hydrogens (tertiary/aromatic N) is 4. The number of Topliss-reactive ketones (excluding diaryl/α,β-unsaturated/α-hetero) is 2. The average Bonchev–Trinajstić information content (AvgIpc) is 1.58. The number of sulfonamides is 2. The number of aliphatic carboxylic acids is 1.